The van der Waals surface area contributed by atoms with Crippen LogP contribution in [0.1, 0.15) is 447 Å². The monoisotopic (exact) mass is 1410 g/mol. The normalized spacial score (nSPS) is 13.9. The number of hydrogen-bond donors (Lipinski definition) is 3. The lowest BCUT2D eigenvalue weighted by Crippen LogP contribution is -2.28. The average Bonchev–Trinajstić information content (AvgIpc) is 0.786. The Balaban J connectivity index is 1.75. The molecule has 0 atom stereocenters. The molecule has 0 aromatic heterocycles. The van der Waals surface area contributed by atoms with Gasteiger partial charge in [0, 0.05) is 33.4 Å². The van der Waals surface area contributed by atoms with Crippen molar-refractivity contribution in [1.82, 2.24) is 0 Å². The van der Waals surface area contributed by atoms with E-state index in [1.165, 1.54) is 132 Å². The summed E-state index contributed by atoms with van der Waals surface area (Å²) in [6.45, 7) is 77.6. The van der Waals surface area contributed by atoms with E-state index >= 15 is 0 Å². The van der Waals surface area contributed by atoms with Crippen LogP contribution in [0.4, 0.5) is 0 Å². The first-order valence-electron chi connectivity index (χ1n) is 42.2. The van der Waals surface area contributed by atoms with Gasteiger partial charge in [-0.15, -0.1) is 0 Å². The van der Waals surface area contributed by atoms with E-state index < -0.39 is 0 Å². The van der Waals surface area contributed by atoms with Crippen molar-refractivity contribution in [1.29, 1.82) is 0 Å². The summed E-state index contributed by atoms with van der Waals surface area (Å²) in [5.41, 5.74) is 21.3. The van der Waals surface area contributed by atoms with Crippen molar-refractivity contribution in [3.05, 3.63) is 120 Å². The van der Waals surface area contributed by atoms with Gasteiger partial charge >= 0.3 is 0 Å². The molecule has 0 spiro atoms. The molecule has 3 heteroatoms. The summed E-state index contributed by atoms with van der Waals surface area (Å²) in [6.07, 6.45) is 34.3. The molecule has 0 amide bonds. The highest BCUT2D eigenvalue weighted by Crippen LogP contribution is 2.52. The summed E-state index contributed by atoms with van der Waals surface area (Å²) >= 11 is 0. The molecule has 0 saturated heterocycles. The Labute approximate surface area is 634 Å². The minimum absolute atomic E-state index is 0.138. The van der Waals surface area contributed by atoms with Crippen LogP contribution in [0.15, 0.2) is 36.4 Å². The van der Waals surface area contributed by atoms with E-state index in [2.05, 4.69) is 265 Å². The first-order valence-corrected chi connectivity index (χ1v) is 42.2. The lowest BCUT2D eigenvalue weighted by Gasteiger charge is -2.38. The van der Waals surface area contributed by atoms with E-state index in [4.69, 9.17) is 0 Å². The number of hydrogen-bond acceptors (Lipinski definition) is 3. The van der Waals surface area contributed by atoms with Gasteiger partial charge in [0.1, 0.15) is 17.2 Å². The molecular weight excluding hydrogens is 1240 g/mol. The van der Waals surface area contributed by atoms with E-state index in [1.807, 2.05) is 0 Å². The lowest BCUT2D eigenvalue weighted by molar-refractivity contribution is 0.266. The van der Waals surface area contributed by atoms with E-state index in [0.29, 0.717) is 17.2 Å². The highest BCUT2D eigenvalue weighted by Gasteiger charge is 2.40. The van der Waals surface area contributed by atoms with E-state index in [9.17, 15) is 15.3 Å². The van der Waals surface area contributed by atoms with Crippen LogP contribution in [-0.4, -0.2) is 15.3 Å². The quantitative estimate of drug-likeness (QED) is 0.0390. The topological polar surface area (TPSA) is 60.7 Å². The van der Waals surface area contributed by atoms with Crippen molar-refractivity contribution in [3.8, 4) is 17.2 Å². The van der Waals surface area contributed by atoms with Gasteiger partial charge < -0.3 is 15.3 Å². The number of phenols is 3. The minimum atomic E-state index is -0.157. The maximum absolute atomic E-state index is 12.3. The van der Waals surface area contributed by atoms with Gasteiger partial charge in [-0.1, -0.05) is 323 Å². The highest BCUT2D eigenvalue weighted by atomic mass is 16.3. The van der Waals surface area contributed by atoms with Gasteiger partial charge in [-0.2, -0.15) is 0 Å². The number of unbranched alkanes of at least 4 members (excludes halogenated alkanes) is 9. The first-order chi connectivity index (χ1) is 46.4. The van der Waals surface area contributed by atoms with Crippen molar-refractivity contribution in [2.24, 2.45) is 32.5 Å². The molecule has 582 valence electrons. The summed E-state index contributed by atoms with van der Waals surface area (Å²) in [6, 6.07) is 14.4. The Morgan fingerprint density at radius 2 is 0.333 bits per heavy atom. The fourth-order valence-corrected chi connectivity index (χ4v) is 20.7. The summed E-state index contributed by atoms with van der Waals surface area (Å²) < 4.78 is 0. The van der Waals surface area contributed by atoms with E-state index in [0.717, 1.165) is 110 Å². The molecule has 0 unspecified atom stereocenters. The van der Waals surface area contributed by atoms with Crippen LogP contribution in [0.2, 0.25) is 0 Å². The zero-order valence-corrected chi connectivity index (χ0v) is 74.0. The van der Waals surface area contributed by atoms with E-state index in [1.54, 1.807) is 33.4 Å². The third-order valence-corrected chi connectivity index (χ3v) is 22.3. The largest absolute Gasteiger partial charge is 0.507 e. The van der Waals surface area contributed by atoms with Gasteiger partial charge in [-0.3, -0.25) is 0 Å². The van der Waals surface area contributed by atoms with Gasteiger partial charge in [0.25, 0.3) is 0 Å². The van der Waals surface area contributed by atoms with Gasteiger partial charge in [0.15, 0.2) is 0 Å². The Morgan fingerprint density at radius 3 is 0.471 bits per heavy atom. The predicted octanol–water partition coefficient (Wildman–Crippen LogP) is 30.0. The zero-order chi connectivity index (χ0) is 77.8. The molecule has 4 rings (SSSR count). The van der Waals surface area contributed by atoms with Gasteiger partial charge in [-0.25, -0.2) is 0 Å². The third-order valence-electron chi connectivity index (χ3n) is 22.3. The zero-order valence-electron chi connectivity index (χ0n) is 74.0. The number of phenolic OH excluding ortho intramolecular Hbond substituents is 3. The molecule has 0 bridgehead atoms. The molecule has 3 N–H and O–H groups in total. The molecular formula is C99H168O3. The molecule has 0 saturated carbocycles. The Hall–Kier alpha value is -3.72. The van der Waals surface area contributed by atoms with Gasteiger partial charge in [-0.05, 0) is 250 Å². The molecule has 4 aromatic carbocycles. The van der Waals surface area contributed by atoms with Crippen molar-refractivity contribution in [2.45, 2.75) is 454 Å². The molecule has 0 radical (unpaired) electrons. The van der Waals surface area contributed by atoms with Crippen molar-refractivity contribution in [3.63, 3.8) is 0 Å². The summed E-state index contributed by atoms with van der Waals surface area (Å²) in [5, 5.41) is 36.9. The number of rotatable bonds is 39. The molecule has 4 aromatic rings. The fourth-order valence-electron chi connectivity index (χ4n) is 20.7. The van der Waals surface area contributed by atoms with Crippen molar-refractivity contribution in [2.75, 3.05) is 0 Å². The molecule has 3 nitrogen and oxygen atoms in total. The van der Waals surface area contributed by atoms with Crippen LogP contribution in [0.5, 0.6) is 17.2 Å². The van der Waals surface area contributed by atoms with Crippen LogP contribution in [-0.2, 0) is 90.3 Å². The van der Waals surface area contributed by atoms with Crippen LogP contribution in [0.3, 0.4) is 0 Å². The van der Waals surface area contributed by atoms with E-state index in [-0.39, 0.29) is 65.0 Å². The summed E-state index contributed by atoms with van der Waals surface area (Å²) in [7, 11) is 0. The van der Waals surface area contributed by atoms with Crippen LogP contribution in [0.25, 0.3) is 0 Å². The Bertz CT molecular complexity index is 2750. The molecule has 0 fully saturated rings. The summed E-state index contributed by atoms with van der Waals surface area (Å²) in [4.78, 5) is 0. The smallest absolute Gasteiger partial charge is 0.123 e. The summed E-state index contributed by atoms with van der Waals surface area (Å²) in [5.74, 6) is 1.58. The standard InChI is InChI=1S/C99H168O3/c1-34-49-73-76(55-46-40-37-43-52-70-58-79(94(22,23)64-88(4,5)6)85(100)80(59-70)95(24,25)65-89(7,8)9)74(50-35-2)78(57-48-42-39-45-54-72-62-83(98(30,31)68-92(16,17)18)87(102)84(63-72)99(32,33)69-93(19,20)21)75(51-36-3)77(73)56-47-41-38-44-53-71-60-81(96(26,27)66-90(10,11)12)86(101)82(61-71)97(28,29)67-91(13,14)15/h58-63,100-102H,34-57,64-69H2,1-33H3. The predicted molar refractivity (Wildman–Crippen MR) is 453 cm³/mol. The number of benzene rings is 4. The Kier molecular flexibility index (Phi) is 32.0. The third kappa shape index (κ3) is 28.1. The van der Waals surface area contributed by atoms with Crippen LogP contribution in [0, 0.1) is 32.5 Å². The van der Waals surface area contributed by atoms with Crippen LogP contribution < -0.4 is 0 Å². The lowest BCUT2D eigenvalue weighted by atomic mass is 9.67. The SMILES string of the molecule is CCCc1c(CCCCCCc2cc(C(C)(C)CC(C)(C)C)c(O)c(C(C)(C)CC(C)(C)C)c2)c(CCC)c(CCCCCCc2cc(C(C)(C)CC(C)(C)C)c(O)c(C(C)(C)CC(C)(C)C)c2)c(CCC)c1CCCCCCc1cc(C(C)(C)CC(C)(C)C)c(O)c(C(C)(C)CC(C)(C)C)c1. The second-order valence-corrected chi connectivity index (χ2v) is 44.7. The van der Waals surface area contributed by atoms with Gasteiger partial charge in [0.05, 0.1) is 0 Å². The number of aromatic hydroxyl groups is 3. The van der Waals surface area contributed by atoms with Gasteiger partial charge in [0.2, 0.25) is 0 Å². The second-order valence-electron chi connectivity index (χ2n) is 44.7. The number of aryl methyl sites for hydroxylation is 3. The maximum atomic E-state index is 12.3. The molecule has 102 heavy (non-hydrogen) atoms. The minimum Gasteiger partial charge on any atom is -0.507 e. The Morgan fingerprint density at radius 1 is 0.196 bits per heavy atom. The van der Waals surface area contributed by atoms with Crippen molar-refractivity contribution < 1.29 is 15.3 Å². The fraction of sp³-hybridized carbons (Fsp3) is 0.758. The maximum Gasteiger partial charge on any atom is 0.123 e. The van der Waals surface area contributed by atoms with Crippen LogP contribution >= 0.6 is 0 Å². The molecule has 0 aliphatic carbocycles. The van der Waals surface area contributed by atoms with Crippen molar-refractivity contribution >= 4 is 0 Å². The highest BCUT2D eigenvalue weighted by molar-refractivity contribution is 5.55. The first kappa shape index (κ1) is 90.7. The second kappa shape index (κ2) is 36.0. The average molecular weight is 1410 g/mol. The molecule has 0 heterocycles. The molecule has 0 aliphatic heterocycles. The molecule has 0 aliphatic rings.